The predicted octanol–water partition coefficient (Wildman–Crippen LogP) is 3.50. The molecule has 1 saturated carbocycles. The van der Waals surface area contributed by atoms with E-state index in [1.807, 2.05) is 0 Å². The number of hydrogen-bond donors (Lipinski definition) is 1. The van der Waals surface area contributed by atoms with Crippen LogP contribution in [-0.2, 0) is 5.41 Å². The van der Waals surface area contributed by atoms with Crippen LogP contribution in [0.2, 0.25) is 0 Å². The lowest BCUT2D eigenvalue weighted by atomic mass is 9.95. The van der Waals surface area contributed by atoms with E-state index in [2.05, 4.69) is 44.8 Å². The van der Waals surface area contributed by atoms with Crippen LogP contribution in [0.3, 0.4) is 0 Å². The van der Waals surface area contributed by atoms with Crippen LogP contribution in [0, 0.1) is 12.8 Å². The first kappa shape index (κ1) is 14.6. The third-order valence-corrected chi connectivity index (χ3v) is 4.82. The molecule has 1 N–H and O–H groups in total. The van der Waals surface area contributed by atoms with Crippen molar-refractivity contribution in [2.24, 2.45) is 5.92 Å². The third kappa shape index (κ3) is 2.60. The van der Waals surface area contributed by atoms with E-state index in [-0.39, 0.29) is 5.41 Å². The van der Waals surface area contributed by atoms with E-state index in [1.54, 1.807) is 0 Å². The van der Waals surface area contributed by atoms with Crippen molar-refractivity contribution in [3.05, 3.63) is 11.4 Å². The van der Waals surface area contributed by atoms with Gasteiger partial charge < -0.3 is 10.2 Å². The lowest BCUT2D eigenvalue weighted by molar-refractivity contribution is 0.529. The van der Waals surface area contributed by atoms with E-state index >= 15 is 0 Å². The molecule has 1 aromatic heterocycles. The molecule has 3 rings (SSSR count). The summed E-state index contributed by atoms with van der Waals surface area (Å²) in [6.07, 6.45) is 4.08. The normalized spacial score (nSPS) is 24.7. The molecule has 1 aromatic rings. The highest BCUT2D eigenvalue weighted by Crippen LogP contribution is 2.41. The number of rotatable bonds is 3. The van der Waals surface area contributed by atoms with Crippen molar-refractivity contribution < 1.29 is 0 Å². The molecule has 21 heavy (non-hydrogen) atoms. The smallest absolute Gasteiger partial charge is 0.138 e. The molecule has 1 aliphatic heterocycles. The topological polar surface area (TPSA) is 41.1 Å². The zero-order valence-corrected chi connectivity index (χ0v) is 14.0. The Bertz CT molecular complexity index is 532. The van der Waals surface area contributed by atoms with Gasteiger partial charge in [0.05, 0.1) is 0 Å². The highest BCUT2D eigenvalue weighted by Gasteiger charge is 2.39. The van der Waals surface area contributed by atoms with Gasteiger partial charge in [-0.1, -0.05) is 20.8 Å². The molecule has 2 aliphatic rings. The van der Waals surface area contributed by atoms with Crippen molar-refractivity contribution in [3.63, 3.8) is 0 Å². The number of aromatic nitrogens is 2. The molecule has 0 amide bonds. The maximum Gasteiger partial charge on any atom is 0.138 e. The molecule has 116 valence electrons. The molecule has 1 aliphatic carbocycles. The fourth-order valence-electron chi connectivity index (χ4n) is 3.64. The maximum absolute atomic E-state index is 4.96. The molecule has 1 saturated heterocycles. The number of nitrogens with one attached hydrogen (secondary N) is 1. The summed E-state index contributed by atoms with van der Waals surface area (Å²) in [5.41, 5.74) is 1.18. The van der Waals surface area contributed by atoms with Gasteiger partial charge in [0.2, 0.25) is 0 Å². The van der Waals surface area contributed by atoms with Crippen molar-refractivity contribution in [2.45, 2.75) is 65.3 Å². The Morgan fingerprint density at radius 1 is 1.24 bits per heavy atom. The molecular formula is C17H28N4. The standard InChI is InChI=1S/C17H28N4/c1-6-18-14-11(2)15(20-16(19-14)17(3,4)5)21-10-12-7-8-13(21)9-12/h12-13H,6-10H2,1-5H3,(H,18,19,20). The van der Waals surface area contributed by atoms with Crippen LogP contribution in [0.15, 0.2) is 0 Å². The zero-order valence-electron chi connectivity index (χ0n) is 14.0. The van der Waals surface area contributed by atoms with E-state index in [0.717, 1.165) is 29.9 Å². The number of fused-ring (bicyclic) bond motifs is 2. The summed E-state index contributed by atoms with van der Waals surface area (Å²) in [5.74, 6) is 4.00. The fourth-order valence-corrected chi connectivity index (χ4v) is 3.64. The number of piperidine rings is 1. The number of hydrogen-bond acceptors (Lipinski definition) is 4. The van der Waals surface area contributed by atoms with Gasteiger partial charge in [-0.3, -0.25) is 0 Å². The third-order valence-electron chi connectivity index (χ3n) is 4.82. The Labute approximate surface area is 128 Å². The Morgan fingerprint density at radius 2 is 2.00 bits per heavy atom. The molecule has 2 fully saturated rings. The first-order valence-electron chi connectivity index (χ1n) is 8.29. The van der Waals surface area contributed by atoms with Crippen LogP contribution in [0.1, 0.15) is 58.3 Å². The van der Waals surface area contributed by atoms with Crippen LogP contribution in [0.4, 0.5) is 11.6 Å². The number of anilines is 2. The van der Waals surface area contributed by atoms with Crippen molar-refractivity contribution in [3.8, 4) is 0 Å². The average molecular weight is 288 g/mol. The summed E-state index contributed by atoms with van der Waals surface area (Å²) in [6, 6.07) is 0.700. The molecule has 2 bridgehead atoms. The minimum absolute atomic E-state index is 0.0225. The Morgan fingerprint density at radius 3 is 2.52 bits per heavy atom. The van der Waals surface area contributed by atoms with Gasteiger partial charge in [-0.05, 0) is 39.0 Å². The summed E-state index contributed by atoms with van der Waals surface area (Å²) in [4.78, 5) is 12.3. The Balaban J connectivity index is 2.03. The lowest BCUT2D eigenvalue weighted by Crippen LogP contribution is -2.34. The Hall–Kier alpha value is -1.32. The van der Waals surface area contributed by atoms with Crippen molar-refractivity contribution in [2.75, 3.05) is 23.3 Å². The SMILES string of the molecule is CCNc1nc(C(C)(C)C)nc(N2CC3CCC2C3)c1C. The molecular weight excluding hydrogens is 260 g/mol. The second-order valence-corrected chi connectivity index (χ2v) is 7.61. The largest absolute Gasteiger partial charge is 0.370 e. The van der Waals surface area contributed by atoms with Crippen molar-refractivity contribution >= 4 is 11.6 Å². The lowest BCUT2D eigenvalue weighted by Gasteiger charge is -2.31. The van der Waals surface area contributed by atoms with Crippen LogP contribution in [-0.4, -0.2) is 29.1 Å². The first-order valence-corrected chi connectivity index (χ1v) is 8.29. The van der Waals surface area contributed by atoms with Gasteiger partial charge in [-0.25, -0.2) is 9.97 Å². The molecule has 2 atom stereocenters. The van der Waals surface area contributed by atoms with Gasteiger partial charge in [-0.15, -0.1) is 0 Å². The summed E-state index contributed by atoms with van der Waals surface area (Å²) in [5, 5.41) is 3.42. The summed E-state index contributed by atoms with van der Waals surface area (Å²) >= 11 is 0. The first-order chi connectivity index (χ1) is 9.90. The molecule has 4 nitrogen and oxygen atoms in total. The molecule has 0 aromatic carbocycles. The van der Waals surface area contributed by atoms with Crippen LogP contribution in [0.5, 0.6) is 0 Å². The van der Waals surface area contributed by atoms with Crippen LogP contribution >= 0.6 is 0 Å². The van der Waals surface area contributed by atoms with Gasteiger partial charge in [0.15, 0.2) is 0 Å². The van der Waals surface area contributed by atoms with Gasteiger partial charge in [0, 0.05) is 30.1 Å². The summed E-state index contributed by atoms with van der Waals surface area (Å²) in [7, 11) is 0. The molecule has 2 unspecified atom stereocenters. The van der Waals surface area contributed by atoms with E-state index in [4.69, 9.17) is 9.97 Å². The van der Waals surface area contributed by atoms with Crippen LogP contribution in [0.25, 0.3) is 0 Å². The van der Waals surface area contributed by atoms with Gasteiger partial charge >= 0.3 is 0 Å². The average Bonchev–Trinajstić information content (AvgIpc) is 3.02. The minimum atomic E-state index is -0.0225. The highest BCUT2D eigenvalue weighted by molar-refractivity contribution is 5.60. The molecule has 2 heterocycles. The molecule has 4 heteroatoms. The summed E-state index contributed by atoms with van der Waals surface area (Å²) in [6.45, 7) is 12.9. The molecule has 0 spiro atoms. The van der Waals surface area contributed by atoms with E-state index < -0.39 is 0 Å². The van der Waals surface area contributed by atoms with E-state index in [9.17, 15) is 0 Å². The minimum Gasteiger partial charge on any atom is -0.370 e. The highest BCUT2D eigenvalue weighted by atomic mass is 15.3. The quantitative estimate of drug-likeness (QED) is 0.924. The van der Waals surface area contributed by atoms with Gasteiger partial charge in [-0.2, -0.15) is 0 Å². The summed E-state index contributed by atoms with van der Waals surface area (Å²) < 4.78 is 0. The zero-order chi connectivity index (χ0) is 15.2. The second-order valence-electron chi connectivity index (χ2n) is 7.61. The molecule has 0 radical (unpaired) electrons. The van der Waals surface area contributed by atoms with E-state index in [1.165, 1.54) is 31.4 Å². The Kier molecular flexibility index (Phi) is 3.58. The monoisotopic (exact) mass is 288 g/mol. The fraction of sp³-hybridized carbons (Fsp3) is 0.765. The maximum atomic E-state index is 4.96. The van der Waals surface area contributed by atoms with Gasteiger partial charge in [0.1, 0.15) is 17.5 Å². The number of nitrogens with zero attached hydrogens (tertiary/aromatic N) is 3. The predicted molar refractivity (Wildman–Crippen MR) is 88.1 cm³/mol. The van der Waals surface area contributed by atoms with Crippen LogP contribution < -0.4 is 10.2 Å². The second kappa shape index (κ2) is 5.15. The van der Waals surface area contributed by atoms with Crippen molar-refractivity contribution in [1.29, 1.82) is 0 Å². The van der Waals surface area contributed by atoms with Crippen molar-refractivity contribution in [1.82, 2.24) is 9.97 Å². The van der Waals surface area contributed by atoms with Gasteiger partial charge in [0.25, 0.3) is 0 Å². The van der Waals surface area contributed by atoms with E-state index in [0.29, 0.717) is 6.04 Å².